The summed E-state index contributed by atoms with van der Waals surface area (Å²) >= 11 is 0. The molecule has 0 spiro atoms. The number of nitrogens with one attached hydrogen (secondary N) is 1. The van der Waals surface area contributed by atoms with Crippen LogP contribution in [-0.2, 0) is 0 Å². The Hall–Kier alpha value is -2.43. The van der Waals surface area contributed by atoms with Crippen LogP contribution in [0.25, 0.3) is 0 Å². The van der Waals surface area contributed by atoms with Gasteiger partial charge in [0.25, 0.3) is 5.91 Å². The number of benzene rings is 1. The van der Waals surface area contributed by atoms with Gasteiger partial charge in [-0.15, -0.1) is 0 Å². The predicted molar refractivity (Wildman–Crippen MR) is 69.6 cm³/mol. The largest absolute Gasteiger partial charge is 0.466 e. The van der Waals surface area contributed by atoms with Gasteiger partial charge in [0.2, 0.25) is 0 Å². The fourth-order valence-electron chi connectivity index (χ4n) is 1.67. The molecule has 0 aliphatic rings. The average molecular weight is 260 g/mol. The van der Waals surface area contributed by atoms with Crippen LogP contribution in [-0.4, -0.2) is 12.1 Å². The molecule has 1 heterocycles. The van der Waals surface area contributed by atoms with Crippen LogP contribution in [0.3, 0.4) is 0 Å². The summed E-state index contributed by atoms with van der Waals surface area (Å²) < 4.78 is 18.2. The summed E-state index contributed by atoms with van der Waals surface area (Å²) in [4.78, 5) is 11.8. The lowest BCUT2D eigenvalue weighted by molar-refractivity contribution is 0.0953. The summed E-state index contributed by atoms with van der Waals surface area (Å²) in [6.45, 7) is 3.47. The molecule has 4 nitrogen and oxygen atoms in total. The number of hydrogen-bond donors (Lipinski definition) is 1. The summed E-state index contributed by atoms with van der Waals surface area (Å²) in [5, 5.41) is 3.78. The van der Waals surface area contributed by atoms with Crippen molar-refractivity contribution in [2.24, 2.45) is 5.10 Å². The van der Waals surface area contributed by atoms with Crippen molar-refractivity contribution in [3.05, 3.63) is 58.8 Å². The van der Waals surface area contributed by atoms with Crippen LogP contribution in [0.5, 0.6) is 0 Å². The van der Waals surface area contributed by atoms with E-state index in [1.807, 2.05) is 0 Å². The quantitative estimate of drug-likeness (QED) is 0.681. The Balaban J connectivity index is 2.03. The molecule has 0 radical (unpaired) electrons. The van der Waals surface area contributed by atoms with Gasteiger partial charge in [-0.05, 0) is 37.6 Å². The zero-order valence-corrected chi connectivity index (χ0v) is 10.6. The van der Waals surface area contributed by atoms with Crippen molar-refractivity contribution >= 4 is 12.1 Å². The van der Waals surface area contributed by atoms with Gasteiger partial charge in [-0.25, -0.2) is 9.82 Å². The van der Waals surface area contributed by atoms with Gasteiger partial charge in [-0.1, -0.05) is 12.1 Å². The molecular weight excluding hydrogens is 247 g/mol. The van der Waals surface area contributed by atoms with Crippen molar-refractivity contribution < 1.29 is 13.6 Å². The lowest BCUT2D eigenvalue weighted by Crippen LogP contribution is -2.17. The van der Waals surface area contributed by atoms with Gasteiger partial charge in [0.15, 0.2) is 0 Å². The summed E-state index contributed by atoms with van der Waals surface area (Å²) in [5.41, 5.74) is 3.38. The van der Waals surface area contributed by atoms with E-state index < -0.39 is 0 Å². The van der Waals surface area contributed by atoms with Crippen LogP contribution in [0, 0.1) is 19.7 Å². The molecule has 1 aromatic heterocycles. The second-order valence-corrected chi connectivity index (χ2v) is 4.08. The van der Waals surface area contributed by atoms with Gasteiger partial charge >= 0.3 is 0 Å². The SMILES string of the molecule is Cc1cc(C(=O)NN=Cc2cccc(F)c2)c(C)o1. The van der Waals surface area contributed by atoms with Gasteiger partial charge in [0.1, 0.15) is 17.3 Å². The van der Waals surface area contributed by atoms with Crippen LogP contribution >= 0.6 is 0 Å². The molecule has 0 atom stereocenters. The Kier molecular flexibility index (Phi) is 3.75. The minimum absolute atomic E-state index is 0.350. The van der Waals surface area contributed by atoms with Crippen molar-refractivity contribution in [1.82, 2.24) is 5.43 Å². The van der Waals surface area contributed by atoms with E-state index in [1.165, 1.54) is 18.3 Å². The monoisotopic (exact) mass is 260 g/mol. The molecule has 19 heavy (non-hydrogen) atoms. The number of hydrazone groups is 1. The molecule has 0 aliphatic carbocycles. The molecule has 1 aromatic carbocycles. The van der Waals surface area contributed by atoms with Gasteiger partial charge in [0, 0.05) is 0 Å². The van der Waals surface area contributed by atoms with E-state index in [-0.39, 0.29) is 11.7 Å². The highest BCUT2D eigenvalue weighted by atomic mass is 19.1. The number of carbonyl (C=O) groups excluding carboxylic acids is 1. The molecule has 1 amide bonds. The predicted octanol–water partition coefficient (Wildman–Crippen LogP) is 2.80. The number of hydrogen-bond acceptors (Lipinski definition) is 3. The lowest BCUT2D eigenvalue weighted by atomic mass is 10.2. The van der Waals surface area contributed by atoms with E-state index in [4.69, 9.17) is 4.42 Å². The normalized spacial score (nSPS) is 10.9. The molecule has 0 saturated heterocycles. The van der Waals surface area contributed by atoms with Crippen LogP contribution in [0.15, 0.2) is 39.9 Å². The number of furan rings is 1. The van der Waals surface area contributed by atoms with Crippen LogP contribution in [0.1, 0.15) is 27.4 Å². The van der Waals surface area contributed by atoms with Crippen LogP contribution in [0.2, 0.25) is 0 Å². The first-order valence-corrected chi connectivity index (χ1v) is 5.72. The van der Waals surface area contributed by atoms with Crippen molar-refractivity contribution in [2.45, 2.75) is 13.8 Å². The first-order chi connectivity index (χ1) is 9.06. The molecule has 0 unspecified atom stereocenters. The van der Waals surface area contributed by atoms with Gasteiger partial charge in [0.05, 0.1) is 11.8 Å². The van der Waals surface area contributed by atoms with E-state index >= 15 is 0 Å². The number of amides is 1. The minimum Gasteiger partial charge on any atom is -0.466 e. The van der Waals surface area contributed by atoms with Crippen LogP contribution < -0.4 is 5.43 Å². The van der Waals surface area contributed by atoms with E-state index in [1.54, 1.807) is 32.0 Å². The highest BCUT2D eigenvalue weighted by molar-refractivity contribution is 5.95. The van der Waals surface area contributed by atoms with Gasteiger partial charge in [-0.2, -0.15) is 5.10 Å². The highest BCUT2D eigenvalue weighted by Crippen LogP contribution is 2.13. The molecule has 0 bridgehead atoms. The van der Waals surface area contributed by atoms with Gasteiger partial charge in [-0.3, -0.25) is 4.79 Å². The summed E-state index contributed by atoms with van der Waals surface area (Å²) in [6.07, 6.45) is 1.38. The van der Waals surface area contributed by atoms with E-state index in [9.17, 15) is 9.18 Å². The minimum atomic E-state index is -0.359. The molecule has 0 aliphatic heterocycles. The maximum absolute atomic E-state index is 12.9. The zero-order chi connectivity index (χ0) is 13.8. The first kappa shape index (κ1) is 13.0. The lowest BCUT2D eigenvalue weighted by Gasteiger charge is -1.97. The van der Waals surface area contributed by atoms with Crippen molar-refractivity contribution in [3.63, 3.8) is 0 Å². The van der Waals surface area contributed by atoms with E-state index in [2.05, 4.69) is 10.5 Å². The Labute approximate surface area is 109 Å². The Morgan fingerprint density at radius 2 is 2.16 bits per heavy atom. The molecule has 1 N–H and O–H groups in total. The second-order valence-electron chi connectivity index (χ2n) is 4.08. The third kappa shape index (κ3) is 3.28. The Morgan fingerprint density at radius 1 is 1.37 bits per heavy atom. The summed E-state index contributed by atoms with van der Waals surface area (Å²) in [5.74, 6) is 0.492. The molecule has 0 saturated carbocycles. The van der Waals surface area contributed by atoms with Crippen LogP contribution in [0.4, 0.5) is 4.39 Å². The number of nitrogens with zero attached hydrogens (tertiary/aromatic N) is 1. The number of carbonyl (C=O) groups is 1. The van der Waals surface area contributed by atoms with Crippen molar-refractivity contribution in [3.8, 4) is 0 Å². The number of aryl methyl sites for hydroxylation is 2. The second kappa shape index (κ2) is 5.48. The molecule has 2 aromatic rings. The standard InChI is InChI=1S/C14H13FN2O2/c1-9-6-13(10(2)19-9)14(18)17-16-8-11-4-3-5-12(15)7-11/h3-8H,1-2H3,(H,17,18). The number of rotatable bonds is 3. The third-order valence-corrected chi connectivity index (χ3v) is 2.51. The fourth-order valence-corrected chi connectivity index (χ4v) is 1.67. The smallest absolute Gasteiger partial charge is 0.274 e. The molecule has 2 rings (SSSR count). The summed E-state index contributed by atoms with van der Waals surface area (Å²) in [6, 6.07) is 7.56. The average Bonchev–Trinajstić information content (AvgIpc) is 2.68. The molecule has 98 valence electrons. The Morgan fingerprint density at radius 3 is 2.79 bits per heavy atom. The first-order valence-electron chi connectivity index (χ1n) is 5.72. The topological polar surface area (TPSA) is 54.6 Å². The number of halogens is 1. The maximum atomic E-state index is 12.9. The summed E-state index contributed by atoms with van der Waals surface area (Å²) in [7, 11) is 0. The van der Waals surface area contributed by atoms with Crippen molar-refractivity contribution in [1.29, 1.82) is 0 Å². The fraction of sp³-hybridized carbons (Fsp3) is 0.143. The molecule has 5 heteroatoms. The Bertz CT molecular complexity index is 632. The zero-order valence-electron chi connectivity index (χ0n) is 10.6. The van der Waals surface area contributed by atoms with Crippen molar-refractivity contribution in [2.75, 3.05) is 0 Å². The van der Waals surface area contributed by atoms with E-state index in [0.29, 0.717) is 22.6 Å². The highest BCUT2D eigenvalue weighted by Gasteiger charge is 2.12. The van der Waals surface area contributed by atoms with Gasteiger partial charge < -0.3 is 4.42 Å². The molecular formula is C14H13FN2O2. The third-order valence-electron chi connectivity index (χ3n) is 2.51. The maximum Gasteiger partial charge on any atom is 0.274 e. The molecule has 0 fully saturated rings. The van der Waals surface area contributed by atoms with E-state index in [0.717, 1.165) is 0 Å².